The van der Waals surface area contributed by atoms with Crippen LogP contribution in [-0.4, -0.2) is 31.3 Å². The van der Waals surface area contributed by atoms with Crippen LogP contribution in [0.2, 0.25) is 0 Å². The number of nitrogens with one attached hydrogen (secondary N) is 1. The zero-order chi connectivity index (χ0) is 15.5. The van der Waals surface area contributed by atoms with Gasteiger partial charge in [-0.15, -0.1) is 0 Å². The number of carbonyl (C=O) groups is 1. The Bertz CT molecular complexity index is 479. The fourth-order valence-corrected chi connectivity index (χ4v) is 2.46. The number of hydrogen-bond acceptors (Lipinski definition) is 4. The topological polar surface area (TPSA) is 67.6 Å². The molecule has 1 aromatic rings. The van der Waals surface area contributed by atoms with E-state index in [4.69, 9.17) is 10.5 Å². The first kappa shape index (κ1) is 15.5. The van der Waals surface area contributed by atoms with Crippen molar-refractivity contribution in [3.05, 3.63) is 24.3 Å². The lowest BCUT2D eigenvalue weighted by molar-refractivity contribution is 0.0520. The van der Waals surface area contributed by atoms with Gasteiger partial charge in [0, 0.05) is 31.0 Å². The maximum absolute atomic E-state index is 11.6. The molecule has 1 saturated heterocycles. The number of nitrogens with zero attached hydrogens (tertiary/aromatic N) is 1. The van der Waals surface area contributed by atoms with E-state index in [2.05, 4.69) is 10.2 Å². The summed E-state index contributed by atoms with van der Waals surface area (Å²) in [6, 6.07) is 7.92. The molecule has 1 atom stereocenters. The number of hydrogen-bond donors (Lipinski definition) is 2. The van der Waals surface area contributed by atoms with Crippen molar-refractivity contribution in [1.82, 2.24) is 5.32 Å². The first-order valence-corrected chi connectivity index (χ1v) is 7.41. The fourth-order valence-electron chi connectivity index (χ4n) is 2.46. The van der Waals surface area contributed by atoms with Crippen LogP contribution in [0.5, 0.6) is 0 Å². The summed E-state index contributed by atoms with van der Waals surface area (Å²) in [4.78, 5) is 14.0. The van der Waals surface area contributed by atoms with Gasteiger partial charge in [-0.2, -0.15) is 0 Å². The first-order chi connectivity index (χ1) is 9.83. The van der Waals surface area contributed by atoms with E-state index in [0.29, 0.717) is 12.5 Å². The van der Waals surface area contributed by atoms with E-state index >= 15 is 0 Å². The summed E-state index contributed by atoms with van der Waals surface area (Å²) in [5.74, 6) is 0.454. The van der Waals surface area contributed by atoms with Crippen LogP contribution in [0.25, 0.3) is 0 Å². The number of anilines is 2. The normalized spacial score (nSPS) is 18.6. The quantitative estimate of drug-likeness (QED) is 0.840. The molecular weight excluding hydrogens is 266 g/mol. The van der Waals surface area contributed by atoms with E-state index in [9.17, 15) is 4.79 Å². The standard InChI is InChI=1S/C16H25N3O2/c1-16(2,3)21-15(20)18-10-12-8-9-19(11-12)14-6-4-13(17)5-7-14/h4-7,12H,8-11,17H2,1-3H3,(H,18,20)/t12-/m0/s1. The highest BCUT2D eigenvalue weighted by Gasteiger charge is 2.24. The predicted molar refractivity (Wildman–Crippen MR) is 85.4 cm³/mol. The Labute approximate surface area is 126 Å². The Morgan fingerprint density at radius 1 is 1.38 bits per heavy atom. The maximum atomic E-state index is 11.6. The summed E-state index contributed by atoms with van der Waals surface area (Å²) in [5.41, 5.74) is 7.22. The minimum absolute atomic E-state index is 0.339. The zero-order valence-corrected chi connectivity index (χ0v) is 13.1. The van der Waals surface area contributed by atoms with Gasteiger partial charge in [-0.3, -0.25) is 0 Å². The summed E-state index contributed by atoms with van der Waals surface area (Å²) < 4.78 is 5.24. The van der Waals surface area contributed by atoms with E-state index in [0.717, 1.165) is 25.2 Å². The third kappa shape index (κ3) is 4.85. The molecule has 0 bridgehead atoms. The Hall–Kier alpha value is -1.91. The van der Waals surface area contributed by atoms with E-state index < -0.39 is 5.60 Å². The van der Waals surface area contributed by atoms with E-state index in [1.165, 1.54) is 5.69 Å². The van der Waals surface area contributed by atoms with Crippen LogP contribution in [0.4, 0.5) is 16.2 Å². The van der Waals surface area contributed by atoms with Crippen molar-refractivity contribution in [3.8, 4) is 0 Å². The minimum atomic E-state index is -0.449. The van der Waals surface area contributed by atoms with Gasteiger partial charge in [0.1, 0.15) is 5.60 Å². The molecule has 1 aliphatic heterocycles. The molecule has 1 fully saturated rings. The highest BCUT2D eigenvalue weighted by atomic mass is 16.6. The van der Waals surface area contributed by atoms with E-state index in [-0.39, 0.29) is 6.09 Å². The predicted octanol–water partition coefficient (Wildman–Crippen LogP) is 2.62. The molecule has 1 aliphatic rings. The molecule has 21 heavy (non-hydrogen) atoms. The lowest BCUT2D eigenvalue weighted by Crippen LogP contribution is -2.36. The Morgan fingerprint density at radius 3 is 2.67 bits per heavy atom. The molecule has 0 saturated carbocycles. The molecule has 1 amide bonds. The van der Waals surface area contributed by atoms with E-state index in [1.807, 2.05) is 45.0 Å². The number of nitrogen functional groups attached to an aromatic ring is 1. The Morgan fingerprint density at radius 2 is 2.05 bits per heavy atom. The molecule has 0 aromatic heterocycles. The second-order valence-corrected chi connectivity index (χ2v) is 6.58. The lowest BCUT2D eigenvalue weighted by atomic mass is 10.1. The molecule has 0 radical (unpaired) electrons. The molecule has 2 rings (SSSR count). The van der Waals surface area contributed by atoms with Gasteiger partial charge in [0.05, 0.1) is 0 Å². The maximum Gasteiger partial charge on any atom is 0.407 e. The van der Waals surface area contributed by atoms with Crippen LogP contribution in [0, 0.1) is 5.92 Å². The molecule has 1 aromatic carbocycles. The number of nitrogens with two attached hydrogens (primary N) is 1. The third-order valence-corrected chi connectivity index (χ3v) is 3.48. The van der Waals surface area contributed by atoms with Gasteiger partial charge in [0.2, 0.25) is 0 Å². The number of amides is 1. The minimum Gasteiger partial charge on any atom is -0.444 e. The van der Waals surface area contributed by atoms with Crippen LogP contribution in [0.15, 0.2) is 24.3 Å². The molecule has 5 heteroatoms. The average molecular weight is 291 g/mol. The average Bonchev–Trinajstić information content (AvgIpc) is 2.84. The van der Waals surface area contributed by atoms with Gasteiger partial charge in [-0.05, 0) is 57.4 Å². The second kappa shape index (κ2) is 6.24. The van der Waals surface area contributed by atoms with Gasteiger partial charge >= 0.3 is 6.09 Å². The summed E-state index contributed by atoms with van der Waals surface area (Å²) in [7, 11) is 0. The van der Waals surface area contributed by atoms with Crippen molar-refractivity contribution < 1.29 is 9.53 Å². The van der Waals surface area contributed by atoms with Crippen molar-refractivity contribution in [1.29, 1.82) is 0 Å². The molecule has 3 N–H and O–H groups in total. The van der Waals surface area contributed by atoms with Gasteiger partial charge in [0.25, 0.3) is 0 Å². The summed E-state index contributed by atoms with van der Waals surface area (Å²) >= 11 is 0. The van der Waals surface area contributed by atoms with Crippen molar-refractivity contribution in [2.24, 2.45) is 5.92 Å². The molecule has 116 valence electrons. The van der Waals surface area contributed by atoms with Crippen molar-refractivity contribution in [3.63, 3.8) is 0 Å². The number of rotatable bonds is 3. The van der Waals surface area contributed by atoms with Crippen LogP contribution < -0.4 is 16.0 Å². The number of carbonyl (C=O) groups excluding carboxylic acids is 1. The van der Waals surface area contributed by atoms with Crippen LogP contribution in [0.3, 0.4) is 0 Å². The molecule has 0 aliphatic carbocycles. The molecule has 1 heterocycles. The number of alkyl carbamates (subject to hydrolysis) is 1. The summed E-state index contributed by atoms with van der Waals surface area (Å²) in [6.45, 7) is 8.20. The van der Waals surface area contributed by atoms with Crippen molar-refractivity contribution in [2.75, 3.05) is 30.3 Å². The molecule has 0 spiro atoms. The highest BCUT2D eigenvalue weighted by Crippen LogP contribution is 2.24. The van der Waals surface area contributed by atoms with Gasteiger partial charge in [-0.25, -0.2) is 4.79 Å². The van der Waals surface area contributed by atoms with Crippen LogP contribution in [-0.2, 0) is 4.74 Å². The molecule has 0 unspecified atom stereocenters. The summed E-state index contributed by atoms with van der Waals surface area (Å²) in [5, 5.41) is 2.85. The van der Waals surface area contributed by atoms with E-state index in [1.54, 1.807) is 0 Å². The SMILES string of the molecule is CC(C)(C)OC(=O)NC[C@@H]1CCN(c2ccc(N)cc2)C1. The van der Waals surface area contributed by atoms with Gasteiger partial charge in [0.15, 0.2) is 0 Å². The fraction of sp³-hybridized carbons (Fsp3) is 0.562. The van der Waals surface area contributed by atoms with Crippen molar-refractivity contribution >= 4 is 17.5 Å². The first-order valence-electron chi connectivity index (χ1n) is 7.41. The molecule has 5 nitrogen and oxygen atoms in total. The Kier molecular flexibility index (Phi) is 4.60. The third-order valence-electron chi connectivity index (χ3n) is 3.48. The smallest absolute Gasteiger partial charge is 0.407 e. The highest BCUT2D eigenvalue weighted by molar-refractivity contribution is 5.67. The monoisotopic (exact) mass is 291 g/mol. The second-order valence-electron chi connectivity index (χ2n) is 6.58. The molecular formula is C16H25N3O2. The Balaban J connectivity index is 1.78. The number of ether oxygens (including phenoxy) is 1. The van der Waals surface area contributed by atoms with Crippen LogP contribution in [0.1, 0.15) is 27.2 Å². The lowest BCUT2D eigenvalue weighted by Gasteiger charge is -2.21. The largest absolute Gasteiger partial charge is 0.444 e. The summed E-state index contributed by atoms with van der Waals surface area (Å²) in [6.07, 6.45) is 0.730. The van der Waals surface area contributed by atoms with Gasteiger partial charge in [-0.1, -0.05) is 0 Å². The van der Waals surface area contributed by atoms with Crippen LogP contribution >= 0.6 is 0 Å². The van der Waals surface area contributed by atoms with Crippen molar-refractivity contribution in [2.45, 2.75) is 32.8 Å². The van der Waals surface area contributed by atoms with Gasteiger partial charge < -0.3 is 20.7 Å². The number of benzene rings is 1. The zero-order valence-electron chi connectivity index (χ0n) is 13.1.